The Bertz CT molecular complexity index is 790. The first-order valence-corrected chi connectivity index (χ1v) is 9.53. The number of carbonyl (C=O) groups is 2. The summed E-state index contributed by atoms with van der Waals surface area (Å²) in [7, 11) is 0. The van der Waals surface area contributed by atoms with Crippen LogP contribution < -0.4 is 0 Å². The molecule has 29 heavy (non-hydrogen) atoms. The molecule has 0 saturated heterocycles. The summed E-state index contributed by atoms with van der Waals surface area (Å²) in [4.78, 5) is 24.4. The highest BCUT2D eigenvalue weighted by Crippen LogP contribution is 2.12. The van der Waals surface area contributed by atoms with Gasteiger partial charge in [0.1, 0.15) is 0 Å². The van der Waals surface area contributed by atoms with E-state index >= 15 is 0 Å². The largest absolute Gasteiger partial charge is 0.366 e. The summed E-state index contributed by atoms with van der Waals surface area (Å²) in [5.74, 6) is -0.145. The predicted molar refractivity (Wildman–Crippen MR) is 119 cm³/mol. The number of carbonyl (C=O) groups excluding carboxylic acids is 2. The van der Waals surface area contributed by atoms with Crippen LogP contribution in [0.15, 0.2) is 98.1 Å². The van der Waals surface area contributed by atoms with Crippen molar-refractivity contribution in [1.82, 2.24) is 0 Å². The van der Waals surface area contributed by atoms with E-state index in [9.17, 15) is 9.59 Å². The lowest BCUT2D eigenvalue weighted by atomic mass is 10.1. The Hall–Kier alpha value is -3.30. The highest BCUT2D eigenvalue weighted by atomic mass is 16.5. The fraction of sp³-hybridized carbons (Fsp3) is 0.154. The van der Waals surface area contributed by atoms with E-state index in [2.05, 4.69) is 13.2 Å². The van der Waals surface area contributed by atoms with Crippen LogP contribution in [0, 0.1) is 0 Å². The number of benzene rings is 2. The van der Waals surface area contributed by atoms with Gasteiger partial charge in [-0.3, -0.25) is 9.59 Å². The molecule has 148 valence electrons. The molecule has 0 saturated carbocycles. The standard InChI is InChI=1S/C26H26O3/c1-3-25(19-23(27)17-15-21-11-7-5-8-12-21)29-26(4-2)20-24(28)18-16-22-13-9-6-10-14-22/h3-18,25-26H,1-2,19-20H2. The highest BCUT2D eigenvalue weighted by molar-refractivity contribution is 5.94. The van der Waals surface area contributed by atoms with Crippen molar-refractivity contribution in [3.05, 3.63) is 109 Å². The molecule has 3 heteroatoms. The van der Waals surface area contributed by atoms with Gasteiger partial charge in [0.05, 0.1) is 12.2 Å². The van der Waals surface area contributed by atoms with Gasteiger partial charge in [0.2, 0.25) is 0 Å². The van der Waals surface area contributed by atoms with Gasteiger partial charge in [-0.15, -0.1) is 13.2 Å². The molecule has 2 rings (SSSR count). The van der Waals surface area contributed by atoms with E-state index in [4.69, 9.17) is 4.74 Å². The Morgan fingerprint density at radius 1 is 0.724 bits per heavy atom. The van der Waals surface area contributed by atoms with Crippen LogP contribution in [0.3, 0.4) is 0 Å². The maximum Gasteiger partial charge on any atom is 0.158 e. The monoisotopic (exact) mass is 386 g/mol. The van der Waals surface area contributed by atoms with Crippen molar-refractivity contribution in [2.24, 2.45) is 0 Å². The van der Waals surface area contributed by atoms with Crippen molar-refractivity contribution in [2.75, 3.05) is 0 Å². The van der Waals surface area contributed by atoms with E-state index in [1.807, 2.05) is 60.7 Å². The van der Waals surface area contributed by atoms with Crippen LogP contribution in [0.1, 0.15) is 24.0 Å². The molecule has 0 fully saturated rings. The number of allylic oxidation sites excluding steroid dienone is 2. The summed E-state index contributed by atoms with van der Waals surface area (Å²) in [6.45, 7) is 7.48. The van der Waals surface area contributed by atoms with E-state index in [1.165, 1.54) is 12.2 Å². The zero-order valence-corrected chi connectivity index (χ0v) is 16.4. The highest BCUT2D eigenvalue weighted by Gasteiger charge is 2.16. The van der Waals surface area contributed by atoms with Gasteiger partial charge in [0.25, 0.3) is 0 Å². The van der Waals surface area contributed by atoms with Crippen LogP contribution in [0.2, 0.25) is 0 Å². The second kappa shape index (κ2) is 12.2. The Morgan fingerprint density at radius 2 is 1.10 bits per heavy atom. The summed E-state index contributed by atoms with van der Waals surface area (Å²) >= 11 is 0. The van der Waals surface area contributed by atoms with E-state index in [0.717, 1.165) is 11.1 Å². The fourth-order valence-corrected chi connectivity index (χ4v) is 2.64. The number of hydrogen-bond donors (Lipinski definition) is 0. The lowest BCUT2D eigenvalue weighted by Crippen LogP contribution is -2.23. The molecule has 0 amide bonds. The van der Waals surface area contributed by atoms with E-state index in [0.29, 0.717) is 0 Å². The first kappa shape index (κ1) is 22.0. The molecule has 2 aromatic rings. The second-order valence-electron chi connectivity index (χ2n) is 6.51. The average molecular weight is 386 g/mol. The number of hydrogen-bond acceptors (Lipinski definition) is 3. The molecule has 0 bridgehead atoms. The van der Waals surface area contributed by atoms with Gasteiger partial charge in [-0.1, -0.05) is 85.0 Å². The van der Waals surface area contributed by atoms with Gasteiger partial charge in [-0.25, -0.2) is 0 Å². The molecule has 0 aliphatic carbocycles. The summed E-state index contributed by atoms with van der Waals surface area (Å²) in [5.41, 5.74) is 1.91. The molecule has 2 unspecified atom stereocenters. The Kier molecular flexibility index (Phi) is 9.26. The zero-order valence-electron chi connectivity index (χ0n) is 16.4. The second-order valence-corrected chi connectivity index (χ2v) is 6.51. The lowest BCUT2D eigenvalue weighted by molar-refractivity contribution is -0.118. The number of rotatable bonds is 12. The Labute approximate surface area is 172 Å². The Morgan fingerprint density at radius 3 is 1.45 bits per heavy atom. The van der Waals surface area contributed by atoms with E-state index in [1.54, 1.807) is 24.3 Å². The molecule has 0 N–H and O–H groups in total. The molecular weight excluding hydrogens is 360 g/mol. The molecule has 0 spiro atoms. The normalized spacial score (nSPS) is 13.2. The molecule has 2 aromatic carbocycles. The fourth-order valence-electron chi connectivity index (χ4n) is 2.64. The van der Waals surface area contributed by atoms with Gasteiger partial charge in [0.15, 0.2) is 11.6 Å². The molecule has 3 nitrogen and oxygen atoms in total. The van der Waals surface area contributed by atoms with Crippen LogP contribution in [0.4, 0.5) is 0 Å². The van der Waals surface area contributed by atoms with Crippen molar-refractivity contribution in [3.63, 3.8) is 0 Å². The van der Waals surface area contributed by atoms with Gasteiger partial charge in [-0.05, 0) is 23.3 Å². The molecule has 2 atom stereocenters. The number of ether oxygens (including phenoxy) is 1. The maximum atomic E-state index is 12.2. The van der Waals surface area contributed by atoms with Crippen LogP contribution in [-0.2, 0) is 14.3 Å². The van der Waals surface area contributed by atoms with E-state index < -0.39 is 12.2 Å². The zero-order chi connectivity index (χ0) is 20.9. The van der Waals surface area contributed by atoms with Crippen LogP contribution in [0.25, 0.3) is 12.2 Å². The predicted octanol–water partition coefficient (Wildman–Crippen LogP) is 5.46. The summed E-state index contributed by atoms with van der Waals surface area (Å²) < 4.78 is 5.85. The van der Waals surface area contributed by atoms with Crippen molar-refractivity contribution in [3.8, 4) is 0 Å². The van der Waals surface area contributed by atoms with Crippen LogP contribution >= 0.6 is 0 Å². The van der Waals surface area contributed by atoms with Crippen molar-refractivity contribution < 1.29 is 14.3 Å². The van der Waals surface area contributed by atoms with Crippen molar-refractivity contribution in [1.29, 1.82) is 0 Å². The third-order valence-electron chi connectivity index (χ3n) is 4.20. The molecule has 0 heterocycles. The molecule has 0 aliphatic rings. The minimum absolute atomic E-state index is 0.0723. The molecule has 0 aromatic heterocycles. The van der Waals surface area contributed by atoms with Crippen LogP contribution in [0.5, 0.6) is 0 Å². The average Bonchev–Trinajstić information content (AvgIpc) is 2.76. The quantitative estimate of drug-likeness (QED) is 0.359. The van der Waals surface area contributed by atoms with Gasteiger partial charge in [-0.2, -0.15) is 0 Å². The van der Waals surface area contributed by atoms with Crippen molar-refractivity contribution in [2.45, 2.75) is 25.0 Å². The van der Waals surface area contributed by atoms with Gasteiger partial charge in [0, 0.05) is 12.8 Å². The summed E-state index contributed by atoms with van der Waals surface area (Å²) in [6, 6.07) is 19.2. The molecular formula is C26H26O3. The maximum absolute atomic E-state index is 12.2. The first-order chi connectivity index (χ1) is 14.1. The Balaban J connectivity index is 1.86. The SMILES string of the molecule is C=CC(CC(=O)C=Cc1ccccc1)OC(C=C)CC(=O)C=Cc1ccccc1. The third kappa shape index (κ3) is 8.50. The summed E-state index contributed by atoms with van der Waals surface area (Å²) in [5, 5.41) is 0. The van der Waals surface area contributed by atoms with Gasteiger partial charge >= 0.3 is 0 Å². The first-order valence-electron chi connectivity index (χ1n) is 9.53. The smallest absolute Gasteiger partial charge is 0.158 e. The van der Waals surface area contributed by atoms with E-state index in [-0.39, 0.29) is 24.4 Å². The third-order valence-corrected chi connectivity index (χ3v) is 4.20. The minimum atomic E-state index is -0.489. The molecule has 0 radical (unpaired) electrons. The van der Waals surface area contributed by atoms with Gasteiger partial charge < -0.3 is 4.74 Å². The van der Waals surface area contributed by atoms with Crippen LogP contribution in [-0.4, -0.2) is 23.8 Å². The summed E-state index contributed by atoms with van der Waals surface area (Å²) in [6.07, 6.45) is 9.10. The molecule has 0 aliphatic heterocycles. The minimum Gasteiger partial charge on any atom is -0.366 e. The topological polar surface area (TPSA) is 43.4 Å². The number of ketones is 2. The van der Waals surface area contributed by atoms with Crippen molar-refractivity contribution >= 4 is 23.7 Å². The lowest BCUT2D eigenvalue weighted by Gasteiger charge is -2.18.